The third-order valence-corrected chi connectivity index (χ3v) is 3.14. The van der Waals surface area contributed by atoms with Crippen LogP contribution in [0.2, 0.25) is 0 Å². The second-order valence-corrected chi connectivity index (χ2v) is 5.54. The Kier molecular flexibility index (Phi) is 5.18. The number of benzene rings is 1. The zero-order valence-electron chi connectivity index (χ0n) is 11.6. The molecule has 98 valence electrons. The fourth-order valence-electron chi connectivity index (χ4n) is 1.89. The Morgan fingerprint density at radius 2 is 2.00 bits per heavy atom. The molecule has 0 spiro atoms. The van der Waals surface area contributed by atoms with Gasteiger partial charge in [0, 0.05) is 12.2 Å². The standard InChI is InChI=1S/C15H23N3/c1-15(2,12-16)9-6-10-18(3)11-13-7-4-5-8-14(13)17/h4-5,7-8H,6,9-11,17H2,1-3H3. The molecular weight excluding hydrogens is 222 g/mol. The Balaban J connectivity index is 2.37. The smallest absolute Gasteiger partial charge is 0.0683 e. The molecule has 3 nitrogen and oxygen atoms in total. The Hall–Kier alpha value is -1.53. The predicted octanol–water partition coefficient (Wildman–Crippen LogP) is 3.03. The van der Waals surface area contributed by atoms with Gasteiger partial charge in [-0.2, -0.15) is 5.26 Å². The summed E-state index contributed by atoms with van der Waals surface area (Å²) in [5.74, 6) is 0. The first-order chi connectivity index (χ1) is 8.44. The van der Waals surface area contributed by atoms with Gasteiger partial charge in [0.1, 0.15) is 0 Å². The molecule has 0 fully saturated rings. The van der Waals surface area contributed by atoms with Gasteiger partial charge in [0.05, 0.1) is 11.5 Å². The molecule has 2 N–H and O–H groups in total. The quantitative estimate of drug-likeness (QED) is 0.784. The van der Waals surface area contributed by atoms with Crippen molar-refractivity contribution in [3.63, 3.8) is 0 Å². The lowest BCUT2D eigenvalue weighted by atomic mass is 9.90. The SMILES string of the molecule is CN(CCCC(C)(C)C#N)Cc1ccccc1N. The van der Waals surface area contributed by atoms with Crippen LogP contribution in [0.5, 0.6) is 0 Å². The summed E-state index contributed by atoms with van der Waals surface area (Å²) < 4.78 is 0. The number of para-hydroxylation sites is 1. The first-order valence-electron chi connectivity index (χ1n) is 6.38. The molecule has 0 saturated carbocycles. The van der Waals surface area contributed by atoms with Crippen LogP contribution in [0, 0.1) is 16.7 Å². The van der Waals surface area contributed by atoms with E-state index in [0.717, 1.165) is 31.6 Å². The summed E-state index contributed by atoms with van der Waals surface area (Å²) in [6.07, 6.45) is 1.96. The highest BCUT2D eigenvalue weighted by Crippen LogP contribution is 2.21. The summed E-state index contributed by atoms with van der Waals surface area (Å²) in [6, 6.07) is 10.3. The van der Waals surface area contributed by atoms with Crippen LogP contribution in [0.25, 0.3) is 0 Å². The topological polar surface area (TPSA) is 53.0 Å². The van der Waals surface area contributed by atoms with Crippen molar-refractivity contribution in [2.45, 2.75) is 33.2 Å². The maximum Gasteiger partial charge on any atom is 0.0683 e. The second-order valence-electron chi connectivity index (χ2n) is 5.54. The summed E-state index contributed by atoms with van der Waals surface area (Å²) >= 11 is 0. The van der Waals surface area contributed by atoms with E-state index < -0.39 is 0 Å². The third kappa shape index (κ3) is 4.77. The van der Waals surface area contributed by atoms with Crippen LogP contribution in [0.4, 0.5) is 5.69 Å². The number of nitriles is 1. The highest BCUT2D eigenvalue weighted by atomic mass is 15.1. The van der Waals surface area contributed by atoms with Crippen molar-refractivity contribution in [1.82, 2.24) is 4.90 Å². The van der Waals surface area contributed by atoms with E-state index in [-0.39, 0.29) is 5.41 Å². The van der Waals surface area contributed by atoms with Crippen molar-refractivity contribution < 1.29 is 0 Å². The normalized spacial score (nSPS) is 11.5. The summed E-state index contributed by atoms with van der Waals surface area (Å²) in [7, 11) is 2.09. The van der Waals surface area contributed by atoms with Crippen molar-refractivity contribution in [1.29, 1.82) is 5.26 Å². The Morgan fingerprint density at radius 3 is 2.61 bits per heavy atom. The molecule has 0 saturated heterocycles. The number of hydrogen-bond donors (Lipinski definition) is 1. The Bertz CT molecular complexity index is 418. The average molecular weight is 245 g/mol. The van der Waals surface area contributed by atoms with Crippen LogP contribution in [-0.4, -0.2) is 18.5 Å². The summed E-state index contributed by atoms with van der Waals surface area (Å²) in [4.78, 5) is 2.25. The highest BCUT2D eigenvalue weighted by Gasteiger charge is 2.16. The number of nitrogens with two attached hydrogens (primary N) is 1. The van der Waals surface area contributed by atoms with Crippen LogP contribution in [0.15, 0.2) is 24.3 Å². The molecule has 0 heterocycles. The highest BCUT2D eigenvalue weighted by molar-refractivity contribution is 5.46. The van der Waals surface area contributed by atoms with E-state index in [2.05, 4.69) is 24.1 Å². The van der Waals surface area contributed by atoms with E-state index in [9.17, 15) is 0 Å². The van der Waals surface area contributed by atoms with Gasteiger partial charge in [0.25, 0.3) is 0 Å². The number of rotatable bonds is 6. The minimum absolute atomic E-state index is 0.216. The van der Waals surface area contributed by atoms with Crippen molar-refractivity contribution in [2.75, 3.05) is 19.3 Å². The van der Waals surface area contributed by atoms with E-state index in [0.29, 0.717) is 0 Å². The molecule has 0 atom stereocenters. The number of nitrogens with zero attached hydrogens (tertiary/aromatic N) is 2. The molecule has 0 aromatic heterocycles. The van der Waals surface area contributed by atoms with Gasteiger partial charge in [-0.15, -0.1) is 0 Å². The molecule has 0 radical (unpaired) electrons. The average Bonchev–Trinajstić information content (AvgIpc) is 2.32. The molecule has 18 heavy (non-hydrogen) atoms. The Labute approximate surface area is 110 Å². The molecule has 0 aliphatic rings. The molecular formula is C15H23N3. The lowest BCUT2D eigenvalue weighted by Crippen LogP contribution is -2.21. The lowest BCUT2D eigenvalue weighted by molar-refractivity contribution is 0.298. The summed E-state index contributed by atoms with van der Waals surface area (Å²) in [6.45, 7) is 5.82. The van der Waals surface area contributed by atoms with Gasteiger partial charge in [-0.05, 0) is 51.9 Å². The number of hydrogen-bond acceptors (Lipinski definition) is 3. The number of anilines is 1. The molecule has 0 unspecified atom stereocenters. The van der Waals surface area contributed by atoms with Crippen molar-refractivity contribution in [3.8, 4) is 6.07 Å². The largest absolute Gasteiger partial charge is 0.398 e. The van der Waals surface area contributed by atoms with E-state index >= 15 is 0 Å². The zero-order chi connectivity index (χ0) is 13.6. The Morgan fingerprint density at radius 1 is 1.33 bits per heavy atom. The monoisotopic (exact) mass is 245 g/mol. The van der Waals surface area contributed by atoms with Gasteiger partial charge >= 0.3 is 0 Å². The van der Waals surface area contributed by atoms with E-state index in [1.54, 1.807) is 0 Å². The number of nitrogen functional groups attached to an aromatic ring is 1. The third-order valence-electron chi connectivity index (χ3n) is 3.14. The van der Waals surface area contributed by atoms with E-state index in [4.69, 9.17) is 11.0 Å². The fourth-order valence-corrected chi connectivity index (χ4v) is 1.89. The molecule has 1 rings (SSSR count). The predicted molar refractivity (Wildman–Crippen MR) is 75.8 cm³/mol. The van der Waals surface area contributed by atoms with Crippen molar-refractivity contribution in [3.05, 3.63) is 29.8 Å². The molecule has 3 heteroatoms. The summed E-state index contributed by atoms with van der Waals surface area (Å²) in [5, 5.41) is 8.95. The van der Waals surface area contributed by atoms with Gasteiger partial charge in [0.15, 0.2) is 0 Å². The van der Waals surface area contributed by atoms with Gasteiger partial charge in [-0.3, -0.25) is 0 Å². The molecule has 1 aromatic carbocycles. The molecule has 0 amide bonds. The van der Waals surface area contributed by atoms with Crippen LogP contribution >= 0.6 is 0 Å². The van der Waals surface area contributed by atoms with E-state index in [1.165, 1.54) is 5.56 Å². The zero-order valence-corrected chi connectivity index (χ0v) is 11.6. The molecule has 0 aliphatic heterocycles. The van der Waals surface area contributed by atoms with Crippen LogP contribution < -0.4 is 5.73 Å². The first-order valence-corrected chi connectivity index (χ1v) is 6.38. The summed E-state index contributed by atoms with van der Waals surface area (Å²) in [5.41, 5.74) is 7.72. The maximum atomic E-state index is 8.95. The second kappa shape index (κ2) is 6.42. The maximum absolute atomic E-state index is 8.95. The molecule has 0 aliphatic carbocycles. The fraction of sp³-hybridized carbons (Fsp3) is 0.533. The van der Waals surface area contributed by atoms with Crippen molar-refractivity contribution in [2.24, 2.45) is 5.41 Å². The van der Waals surface area contributed by atoms with Gasteiger partial charge in [-0.25, -0.2) is 0 Å². The minimum atomic E-state index is -0.216. The van der Waals surface area contributed by atoms with Crippen molar-refractivity contribution >= 4 is 5.69 Å². The molecule has 0 bridgehead atoms. The minimum Gasteiger partial charge on any atom is -0.398 e. The van der Waals surface area contributed by atoms with Crippen LogP contribution in [0.3, 0.4) is 0 Å². The first kappa shape index (κ1) is 14.5. The van der Waals surface area contributed by atoms with Crippen LogP contribution in [0.1, 0.15) is 32.3 Å². The van der Waals surface area contributed by atoms with E-state index in [1.807, 2.05) is 32.0 Å². The van der Waals surface area contributed by atoms with Gasteiger partial charge in [-0.1, -0.05) is 18.2 Å². The molecule has 1 aromatic rings. The van der Waals surface area contributed by atoms with Gasteiger partial charge in [0.2, 0.25) is 0 Å². The van der Waals surface area contributed by atoms with Crippen LogP contribution in [-0.2, 0) is 6.54 Å². The lowest BCUT2D eigenvalue weighted by Gasteiger charge is -2.20. The van der Waals surface area contributed by atoms with Gasteiger partial charge < -0.3 is 10.6 Å².